The van der Waals surface area contributed by atoms with E-state index in [2.05, 4.69) is 20.7 Å². The smallest absolute Gasteiger partial charge is 0.337 e. The first-order valence-corrected chi connectivity index (χ1v) is 8.61. The van der Waals surface area contributed by atoms with E-state index in [1.54, 1.807) is 12.1 Å². The minimum Gasteiger partial charge on any atom is -0.465 e. The fraction of sp³-hybridized carbons (Fsp3) is 0.500. The molecule has 0 aromatic heterocycles. The lowest BCUT2D eigenvalue weighted by atomic mass is 10.1. The Morgan fingerprint density at radius 3 is 2.75 bits per heavy atom. The number of carbonyl (C=O) groups is 1. The minimum absolute atomic E-state index is 0.205. The van der Waals surface area contributed by atoms with Crippen LogP contribution in [0.4, 0.5) is 0 Å². The van der Waals surface area contributed by atoms with Crippen molar-refractivity contribution in [2.45, 2.75) is 23.8 Å². The van der Waals surface area contributed by atoms with Crippen LogP contribution in [0.25, 0.3) is 0 Å². The molecular formula is C14H17BrO4S. The molecule has 0 spiro atoms. The molecule has 0 aliphatic carbocycles. The first-order valence-electron chi connectivity index (χ1n) is 6.43. The maximum Gasteiger partial charge on any atom is 0.337 e. The van der Waals surface area contributed by atoms with E-state index in [4.69, 9.17) is 4.74 Å². The van der Waals surface area contributed by atoms with Gasteiger partial charge in [0.05, 0.1) is 12.7 Å². The molecule has 1 aromatic carbocycles. The molecule has 20 heavy (non-hydrogen) atoms. The van der Waals surface area contributed by atoms with Gasteiger partial charge in [0, 0.05) is 39.5 Å². The van der Waals surface area contributed by atoms with E-state index < -0.39 is 10.8 Å². The second-order valence-electron chi connectivity index (χ2n) is 4.63. The standard InChI is InChI=1S/C14H17BrO4S/c1-18-14(16)10-2-3-11(13(15)8-10)9-20(17)12-4-6-19-7-5-12/h2-3,8,12H,4-7,9H2,1H3. The van der Waals surface area contributed by atoms with Crippen LogP contribution in [-0.4, -0.2) is 35.8 Å². The Labute approximate surface area is 129 Å². The molecule has 1 atom stereocenters. The number of halogens is 1. The number of hydrogen-bond donors (Lipinski definition) is 0. The summed E-state index contributed by atoms with van der Waals surface area (Å²) in [6, 6.07) is 5.24. The number of carbonyl (C=O) groups excluding carboxylic acids is 1. The number of esters is 1. The van der Waals surface area contributed by atoms with Crippen LogP contribution in [0.5, 0.6) is 0 Å². The van der Waals surface area contributed by atoms with Gasteiger partial charge in [-0.1, -0.05) is 22.0 Å². The van der Waals surface area contributed by atoms with E-state index >= 15 is 0 Å². The summed E-state index contributed by atoms with van der Waals surface area (Å²) in [6.07, 6.45) is 1.70. The molecule has 1 saturated heterocycles. The van der Waals surface area contributed by atoms with Crippen molar-refractivity contribution in [3.8, 4) is 0 Å². The Morgan fingerprint density at radius 1 is 1.45 bits per heavy atom. The summed E-state index contributed by atoms with van der Waals surface area (Å²) in [5, 5.41) is 0.205. The molecular weight excluding hydrogens is 344 g/mol. The first-order chi connectivity index (χ1) is 9.61. The molecule has 0 radical (unpaired) electrons. The predicted molar refractivity (Wildman–Crippen MR) is 81.2 cm³/mol. The lowest BCUT2D eigenvalue weighted by Crippen LogP contribution is -2.25. The SMILES string of the molecule is COC(=O)c1ccc(CS(=O)C2CCOCC2)c(Br)c1. The summed E-state index contributed by atoms with van der Waals surface area (Å²) in [7, 11) is 0.439. The highest BCUT2D eigenvalue weighted by Gasteiger charge is 2.21. The zero-order valence-corrected chi connectivity index (χ0v) is 13.7. The lowest BCUT2D eigenvalue weighted by molar-refractivity contribution is 0.0600. The van der Waals surface area contributed by atoms with Crippen LogP contribution < -0.4 is 0 Å². The Balaban J connectivity index is 2.05. The fourth-order valence-corrected chi connectivity index (χ4v) is 4.34. The molecule has 6 heteroatoms. The van der Waals surface area contributed by atoms with Crippen molar-refractivity contribution in [3.63, 3.8) is 0 Å². The number of hydrogen-bond acceptors (Lipinski definition) is 4. The Kier molecular flexibility index (Phi) is 5.74. The maximum absolute atomic E-state index is 12.3. The Morgan fingerprint density at radius 2 is 2.15 bits per heavy atom. The molecule has 0 saturated carbocycles. The number of methoxy groups -OCH3 is 1. The average Bonchev–Trinajstić information content (AvgIpc) is 2.49. The Bertz CT molecular complexity index is 512. The van der Waals surface area contributed by atoms with Gasteiger partial charge in [-0.25, -0.2) is 4.79 Å². The van der Waals surface area contributed by atoms with Gasteiger partial charge in [-0.05, 0) is 30.5 Å². The number of ether oxygens (including phenoxy) is 2. The summed E-state index contributed by atoms with van der Waals surface area (Å²) in [6.45, 7) is 1.39. The quantitative estimate of drug-likeness (QED) is 0.774. The molecule has 0 N–H and O–H groups in total. The maximum atomic E-state index is 12.3. The van der Waals surface area contributed by atoms with Gasteiger partial charge in [-0.3, -0.25) is 4.21 Å². The zero-order valence-electron chi connectivity index (χ0n) is 11.3. The van der Waals surface area contributed by atoms with Crippen molar-refractivity contribution >= 4 is 32.7 Å². The van der Waals surface area contributed by atoms with Gasteiger partial charge in [0.2, 0.25) is 0 Å². The third-order valence-corrected chi connectivity index (χ3v) is 5.86. The molecule has 1 aliphatic heterocycles. The largest absolute Gasteiger partial charge is 0.465 e. The van der Waals surface area contributed by atoms with Crippen LogP contribution in [0, 0.1) is 0 Å². The third kappa shape index (κ3) is 3.90. The molecule has 0 bridgehead atoms. The van der Waals surface area contributed by atoms with E-state index in [9.17, 15) is 9.00 Å². The summed E-state index contributed by atoms with van der Waals surface area (Å²) in [4.78, 5) is 11.4. The molecule has 4 nitrogen and oxygen atoms in total. The molecule has 0 amide bonds. The van der Waals surface area contributed by atoms with E-state index in [0.29, 0.717) is 24.5 Å². The van der Waals surface area contributed by atoms with Crippen molar-refractivity contribution in [2.24, 2.45) is 0 Å². The van der Waals surface area contributed by atoms with Crippen LogP contribution >= 0.6 is 15.9 Å². The van der Waals surface area contributed by atoms with Crippen molar-refractivity contribution < 1.29 is 18.5 Å². The Hall–Kier alpha value is -0.720. The highest BCUT2D eigenvalue weighted by molar-refractivity contribution is 9.10. The molecule has 1 heterocycles. The minimum atomic E-state index is -0.913. The highest BCUT2D eigenvalue weighted by Crippen LogP contribution is 2.23. The van der Waals surface area contributed by atoms with Crippen LogP contribution in [-0.2, 0) is 26.0 Å². The molecule has 110 valence electrons. The molecule has 1 aromatic rings. The summed E-state index contributed by atoms with van der Waals surface area (Å²) in [5.41, 5.74) is 1.43. The second-order valence-corrected chi connectivity index (χ2v) is 7.21. The monoisotopic (exact) mass is 360 g/mol. The predicted octanol–water partition coefficient (Wildman–Crippen LogP) is 2.66. The topological polar surface area (TPSA) is 52.6 Å². The first kappa shape index (κ1) is 15.7. The van der Waals surface area contributed by atoms with Gasteiger partial charge in [0.15, 0.2) is 0 Å². The summed E-state index contributed by atoms with van der Waals surface area (Å²) >= 11 is 3.43. The van der Waals surface area contributed by atoms with Crippen LogP contribution in [0.1, 0.15) is 28.8 Å². The summed E-state index contributed by atoms with van der Waals surface area (Å²) in [5.74, 6) is 0.120. The van der Waals surface area contributed by atoms with Crippen molar-refractivity contribution in [2.75, 3.05) is 20.3 Å². The molecule has 1 unspecified atom stereocenters. The van der Waals surface area contributed by atoms with Crippen molar-refractivity contribution in [1.82, 2.24) is 0 Å². The molecule has 1 fully saturated rings. The summed E-state index contributed by atoms with van der Waals surface area (Å²) < 4.78 is 23.1. The second kappa shape index (κ2) is 7.33. The third-order valence-electron chi connectivity index (χ3n) is 3.31. The van der Waals surface area contributed by atoms with Crippen LogP contribution in [0.15, 0.2) is 22.7 Å². The van der Waals surface area contributed by atoms with Crippen molar-refractivity contribution in [1.29, 1.82) is 0 Å². The van der Waals surface area contributed by atoms with E-state index in [0.717, 1.165) is 22.9 Å². The lowest BCUT2D eigenvalue weighted by Gasteiger charge is -2.21. The van der Waals surface area contributed by atoms with Gasteiger partial charge in [-0.15, -0.1) is 0 Å². The average molecular weight is 361 g/mol. The van der Waals surface area contributed by atoms with Gasteiger partial charge in [0.25, 0.3) is 0 Å². The molecule has 2 rings (SSSR count). The highest BCUT2D eigenvalue weighted by atomic mass is 79.9. The van der Waals surface area contributed by atoms with Crippen LogP contribution in [0.2, 0.25) is 0 Å². The van der Waals surface area contributed by atoms with Gasteiger partial charge in [-0.2, -0.15) is 0 Å². The fourth-order valence-electron chi connectivity index (χ4n) is 2.12. The van der Waals surface area contributed by atoms with Gasteiger partial charge < -0.3 is 9.47 Å². The number of benzene rings is 1. The van der Waals surface area contributed by atoms with Crippen molar-refractivity contribution in [3.05, 3.63) is 33.8 Å². The molecule has 1 aliphatic rings. The van der Waals surface area contributed by atoms with Gasteiger partial charge in [0.1, 0.15) is 0 Å². The number of rotatable bonds is 4. The van der Waals surface area contributed by atoms with Crippen LogP contribution in [0.3, 0.4) is 0 Å². The van der Waals surface area contributed by atoms with Gasteiger partial charge >= 0.3 is 5.97 Å². The van der Waals surface area contributed by atoms with E-state index in [-0.39, 0.29) is 11.2 Å². The zero-order chi connectivity index (χ0) is 14.5. The van der Waals surface area contributed by atoms with E-state index in [1.807, 2.05) is 6.07 Å². The van der Waals surface area contributed by atoms with E-state index in [1.165, 1.54) is 7.11 Å². The normalized spacial score (nSPS) is 17.7.